The van der Waals surface area contributed by atoms with Crippen molar-refractivity contribution in [1.82, 2.24) is 9.29 Å². The van der Waals surface area contributed by atoms with Crippen LogP contribution in [0, 0.1) is 0 Å². The SMILES string of the molecule is CCCS(=O)(=O)N1CCC(Oc2ccccn2)C1. The first kappa shape index (κ1) is 13.3. The van der Waals surface area contributed by atoms with E-state index in [1.54, 1.807) is 12.3 Å². The highest BCUT2D eigenvalue weighted by molar-refractivity contribution is 7.89. The summed E-state index contributed by atoms with van der Waals surface area (Å²) < 4.78 is 31.0. The molecule has 1 unspecified atom stereocenters. The Morgan fingerprint density at radius 2 is 2.33 bits per heavy atom. The van der Waals surface area contributed by atoms with Gasteiger partial charge in [0.2, 0.25) is 15.9 Å². The van der Waals surface area contributed by atoms with Gasteiger partial charge >= 0.3 is 0 Å². The highest BCUT2D eigenvalue weighted by Crippen LogP contribution is 2.19. The number of hydrogen-bond acceptors (Lipinski definition) is 4. The van der Waals surface area contributed by atoms with Crippen LogP contribution in [-0.2, 0) is 10.0 Å². The van der Waals surface area contributed by atoms with Crippen molar-refractivity contribution in [3.05, 3.63) is 24.4 Å². The van der Waals surface area contributed by atoms with E-state index in [0.717, 1.165) is 6.42 Å². The van der Waals surface area contributed by atoms with Gasteiger partial charge in [-0.2, -0.15) is 4.31 Å². The summed E-state index contributed by atoms with van der Waals surface area (Å²) in [6, 6.07) is 5.45. The molecule has 0 aliphatic carbocycles. The van der Waals surface area contributed by atoms with Gasteiger partial charge in [0.25, 0.3) is 0 Å². The third-order valence-corrected chi connectivity index (χ3v) is 4.93. The van der Waals surface area contributed by atoms with Gasteiger partial charge in [0.05, 0.1) is 12.3 Å². The largest absolute Gasteiger partial charge is 0.473 e. The lowest BCUT2D eigenvalue weighted by Crippen LogP contribution is -2.32. The standard InChI is InChI=1S/C12H18N2O3S/c1-2-9-18(15,16)14-8-6-11(10-14)17-12-5-3-4-7-13-12/h3-5,7,11H,2,6,8-10H2,1H3. The van der Waals surface area contributed by atoms with Crippen LogP contribution in [0.2, 0.25) is 0 Å². The van der Waals surface area contributed by atoms with Crippen LogP contribution >= 0.6 is 0 Å². The van der Waals surface area contributed by atoms with E-state index < -0.39 is 10.0 Å². The third-order valence-electron chi connectivity index (χ3n) is 2.89. The molecule has 0 radical (unpaired) electrons. The molecule has 1 aromatic rings. The number of aromatic nitrogens is 1. The van der Waals surface area contributed by atoms with Crippen molar-refractivity contribution in [1.29, 1.82) is 0 Å². The molecular formula is C12H18N2O3S. The van der Waals surface area contributed by atoms with Gasteiger partial charge < -0.3 is 4.74 Å². The third kappa shape index (κ3) is 3.20. The average molecular weight is 270 g/mol. The average Bonchev–Trinajstić information content (AvgIpc) is 2.79. The van der Waals surface area contributed by atoms with Gasteiger partial charge in [-0.1, -0.05) is 13.0 Å². The predicted molar refractivity (Wildman–Crippen MR) is 68.9 cm³/mol. The Bertz CT molecular complexity index is 475. The van der Waals surface area contributed by atoms with Crippen molar-refractivity contribution < 1.29 is 13.2 Å². The summed E-state index contributed by atoms with van der Waals surface area (Å²) in [5.74, 6) is 0.765. The van der Waals surface area contributed by atoms with Gasteiger partial charge in [0.1, 0.15) is 6.10 Å². The monoisotopic (exact) mass is 270 g/mol. The number of pyridine rings is 1. The van der Waals surface area contributed by atoms with E-state index in [1.807, 2.05) is 19.1 Å². The Kier molecular flexibility index (Phi) is 4.19. The molecule has 1 aliphatic rings. The van der Waals surface area contributed by atoms with Crippen molar-refractivity contribution in [2.24, 2.45) is 0 Å². The molecule has 1 aliphatic heterocycles. The number of rotatable bonds is 5. The molecule has 0 aromatic carbocycles. The van der Waals surface area contributed by atoms with Gasteiger partial charge in [-0.25, -0.2) is 13.4 Å². The molecule has 1 atom stereocenters. The molecule has 0 bridgehead atoms. The summed E-state index contributed by atoms with van der Waals surface area (Å²) in [5, 5.41) is 0. The minimum atomic E-state index is -3.10. The zero-order valence-corrected chi connectivity index (χ0v) is 11.3. The van der Waals surface area contributed by atoms with Crippen LogP contribution < -0.4 is 4.74 Å². The van der Waals surface area contributed by atoms with Gasteiger partial charge in [0.15, 0.2) is 0 Å². The Labute approximate surface area is 108 Å². The summed E-state index contributed by atoms with van der Waals surface area (Å²) in [5.41, 5.74) is 0. The Morgan fingerprint density at radius 3 is 3.00 bits per heavy atom. The van der Waals surface area contributed by atoms with Crippen molar-refractivity contribution in [3.63, 3.8) is 0 Å². The maximum absolute atomic E-state index is 11.9. The van der Waals surface area contributed by atoms with Crippen LogP contribution in [0.1, 0.15) is 19.8 Å². The maximum atomic E-state index is 11.9. The normalized spacial score (nSPS) is 21.1. The van der Waals surface area contributed by atoms with Gasteiger partial charge in [-0.05, 0) is 18.9 Å². The molecule has 18 heavy (non-hydrogen) atoms. The van der Waals surface area contributed by atoms with E-state index in [9.17, 15) is 8.42 Å². The van der Waals surface area contributed by atoms with Crippen LogP contribution in [0.5, 0.6) is 5.88 Å². The topological polar surface area (TPSA) is 59.5 Å². The maximum Gasteiger partial charge on any atom is 0.214 e. The minimum absolute atomic E-state index is 0.0912. The lowest BCUT2D eigenvalue weighted by Gasteiger charge is -2.16. The fourth-order valence-electron chi connectivity index (χ4n) is 2.02. The second-order valence-corrected chi connectivity index (χ2v) is 6.46. The molecule has 0 N–H and O–H groups in total. The molecule has 6 heteroatoms. The van der Waals surface area contributed by atoms with Crippen LogP contribution in [0.15, 0.2) is 24.4 Å². The van der Waals surface area contributed by atoms with Crippen LogP contribution in [0.3, 0.4) is 0 Å². The van der Waals surface area contributed by atoms with Crippen molar-refractivity contribution in [2.75, 3.05) is 18.8 Å². The van der Waals surface area contributed by atoms with E-state index in [-0.39, 0.29) is 11.9 Å². The molecule has 0 amide bonds. The molecule has 1 saturated heterocycles. The Balaban J connectivity index is 1.93. The number of sulfonamides is 1. The molecule has 2 heterocycles. The van der Waals surface area contributed by atoms with E-state index >= 15 is 0 Å². The number of hydrogen-bond donors (Lipinski definition) is 0. The molecule has 5 nitrogen and oxygen atoms in total. The summed E-state index contributed by atoms with van der Waals surface area (Å²) in [6.07, 6.45) is 2.94. The molecule has 100 valence electrons. The molecule has 0 spiro atoms. The summed E-state index contributed by atoms with van der Waals surface area (Å²) in [6.45, 7) is 2.84. The smallest absolute Gasteiger partial charge is 0.214 e. The number of ether oxygens (including phenoxy) is 1. The summed E-state index contributed by atoms with van der Waals surface area (Å²) in [4.78, 5) is 4.08. The Hall–Kier alpha value is -1.14. The lowest BCUT2D eigenvalue weighted by atomic mass is 10.3. The van der Waals surface area contributed by atoms with E-state index in [2.05, 4.69) is 4.98 Å². The summed E-state index contributed by atoms with van der Waals surface area (Å²) >= 11 is 0. The molecule has 1 aromatic heterocycles. The van der Waals surface area contributed by atoms with Crippen molar-refractivity contribution >= 4 is 10.0 Å². The van der Waals surface area contributed by atoms with Crippen LogP contribution in [-0.4, -0.2) is 42.7 Å². The first-order valence-corrected chi connectivity index (χ1v) is 7.78. The van der Waals surface area contributed by atoms with E-state index in [1.165, 1.54) is 4.31 Å². The first-order valence-electron chi connectivity index (χ1n) is 6.17. The van der Waals surface area contributed by atoms with Gasteiger partial charge in [0, 0.05) is 18.8 Å². The van der Waals surface area contributed by atoms with Crippen LogP contribution in [0.4, 0.5) is 0 Å². The molecular weight excluding hydrogens is 252 g/mol. The zero-order valence-electron chi connectivity index (χ0n) is 10.4. The second kappa shape index (κ2) is 5.67. The summed E-state index contributed by atoms with van der Waals surface area (Å²) in [7, 11) is -3.10. The van der Waals surface area contributed by atoms with Crippen molar-refractivity contribution in [3.8, 4) is 5.88 Å². The first-order chi connectivity index (χ1) is 8.62. The highest BCUT2D eigenvalue weighted by Gasteiger charge is 2.31. The molecule has 1 fully saturated rings. The second-order valence-electron chi connectivity index (χ2n) is 4.37. The van der Waals surface area contributed by atoms with Gasteiger partial charge in [-0.3, -0.25) is 0 Å². The van der Waals surface area contributed by atoms with Crippen molar-refractivity contribution in [2.45, 2.75) is 25.9 Å². The lowest BCUT2D eigenvalue weighted by molar-refractivity contribution is 0.207. The van der Waals surface area contributed by atoms with E-state index in [4.69, 9.17) is 4.74 Å². The highest BCUT2D eigenvalue weighted by atomic mass is 32.2. The fourth-order valence-corrected chi connectivity index (χ4v) is 3.57. The van der Waals surface area contributed by atoms with Crippen LogP contribution in [0.25, 0.3) is 0 Å². The fraction of sp³-hybridized carbons (Fsp3) is 0.583. The molecule has 0 saturated carbocycles. The van der Waals surface area contributed by atoms with E-state index in [0.29, 0.717) is 25.4 Å². The minimum Gasteiger partial charge on any atom is -0.473 e. The Morgan fingerprint density at radius 1 is 1.50 bits per heavy atom. The predicted octanol–water partition coefficient (Wildman–Crippen LogP) is 1.27. The molecule has 2 rings (SSSR count). The number of nitrogens with zero attached hydrogens (tertiary/aromatic N) is 2. The zero-order chi connectivity index (χ0) is 13.0. The van der Waals surface area contributed by atoms with Gasteiger partial charge in [-0.15, -0.1) is 0 Å². The quantitative estimate of drug-likeness (QED) is 0.808.